The number of hydrogen-bond donors (Lipinski definition) is 2. The SMILES string of the molecule is CCCOC(=O)c1ccc(NC(=O)c2ccc(NC3=C(Cl)C(=O)N(c4cc(Cl)cc(Cl)c4)C3=O)cc2)cc1. The highest BCUT2D eigenvalue weighted by Gasteiger charge is 2.39. The summed E-state index contributed by atoms with van der Waals surface area (Å²) >= 11 is 18.2. The van der Waals surface area contributed by atoms with Crippen LogP contribution in [-0.4, -0.2) is 30.3 Å². The second-order valence-electron chi connectivity index (χ2n) is 8.13. The van der Waals surface area contributed by atoms with Crippen molar-refractivity contribution in [1.29, 1.82) is 0 Å². The first kappa shape index (κ1) is 27.2. The monoisotopic (exact) mass is 571 g/mol. The molecule has 0 bridgehead atoms. The summed E-state index contributed by atoms with van der Waals surface area (Å²) in [6.07, 6.45) is 0.726. The molecule has 0 fully saturated rings. The molecule has 0 saturated carbocycles. The van der Waals surface area contributed by atoms with Crippen LogP contribution < -0.4 is 15.5 Å². The van der Waals surface area contributed by atoms with Gasteiger partial charge in [-0.1, -0.05) is 41.7 Å². The van der Waals surface area contributed by atoms with Gasteiger partial charge in [-0.05, 0) is 73.2 Å². The summed E-state index contributed by atoms with van der Waals surface area (Å²) < 4.78 is 5.09. The van der Waals surface area contributed by atoms with Crippen LogP contribution in [0.2, 0.25) is 10.0 Å². The van der Waals surface area contributed by atoms with Crippen molar-refractivity contribution in [1.82, 2.24) is 0 Å². The predicted octanol–water partition coefficient (Wildman–Crippen LogP) is 6.25. The lowest BCUT2D eigenvalue weighted by atomic mass is 10.1. The van der Waals surface area contributed by atoms with E-state index in [4.69, 9.17) is 39.5 Å². The first-order valence-corrected chi connectivity index (χ1v) is 12.5. The number of rotatable bonds is 8. The zero-order valence-corrected chi connectivity index (χ0v) is 22.2. The number of ether oxygens (including phenoxy) is 1. The maximum absolute atomic E-state index is 13.0. The summed E-state index contributed by atoms with van der Waals surface area (Å²) in [5.74, 6) is -2.21. The molecule has 3 aromatic carbocycles. The number of nitrogens with zero attached hydrogens (tertiary/aromatic N) is 1. The molecule has 1 aliphatic heterocycles. The summed E-state index contributed by atoms with van der Waals surface area (Å²) in [5, 5.41) is 5.80. The van der Waals surface area contributed by atoms with Crippen LogP contribution >= 0.6 is 34.8 Å². The lowest BCUT2D eigenvalue weighted by molar-refractivity contribution is -0.120. The number of halogens is 3. The van der Waals surface area contributed by atoms with E-state index in [1.165, 1.54) is 18.2 Å². The van der Waals surface area contributed by atoms with Crippen LogP contribution in [0.5, 0.6) is 0 Å². The molecule has 0 aliphatic carbocycles. The molecule has 0 aromatic heterocycles. The van der Waals surface area contributed by atoms with Gasteiger partial charge in [0.05, 0.1) is 17.9 Å². The van der Waals surface area contributed by atoms with E-state index >= 15 is 0 Å². The van der Waals surface area contributed by atoms with Crippen molar-refractivity contribution in [3.63, 3.8) is 0 Å². The van der Waals surface area contributed by atoms with E-state index < -0.39 is 17.8 Å². The maximum atomic E-state index is 13.0. The number of carbonyl (C=O) groups excluding carboxylic acids is 4. The van der Waals surface area contributed by atoms with Gasteiger partial charge in [0.1, 0.15) is 10.7 Å². The third-order valence-electron chi connectivity index (χ3n) is 5.36. The molecule has 0 atom stereocenters. The summed E-state index contributed by atoms with van der Waals surface area (Å²) in [5.41, 5.74) is 1.71. The summed E-state index contributed by atoms with van der Waals surface area (Å²) in [7, 11) is 0. The zero-order chi connectivity index (χ0) is 27.4. The summed E-state index contributed by atoms with van der Waals surface area (Å²) in [4.78, 5) is 51.1. The van der Waals surface area contributed by atoms with Crippen LogP contribution in [0.4, 0.5) is 17.1 Å². The lowest BCUT2D eigenvalue weighted by Crippen LogP contribution is -2.32. The smallest absolute Gasteiger partial charge is 0.338 e. The highest BCUT2D eigenvalue weighted by Crippen LogP contribution is 2.33. The van der Waals surface area contributed by atoms with E-state index in [1.807, 2.05) is 6.92 Å². The number of hydrogen-bond acceptors (Lipinski definition) is 6. The molecule has 0 saturated heterocycles. The Morgan fingerprint density at radius 1 is 0.816 bits per heavy atom. The first-order valence-electron chi connectivity index (χ1n) is 11.4. The van der Waals surface area contributed by atoms with Crippen LogP contribution in [0, 0.1) is 0 Å². The molecule has 3 amide bonds. The van der Waals surface area contributed by atoms with Gasteiger partial charge in [0, 0.05) is 27.0 Å². The fourth-order valence-electron chi connectivity index (χ4n) is 3.53. The standard InChI is InChI=1S/C27H20Cl3N3O5/c1-2-11-38-27(37)16-5-9-20(10-6-16)32-24(34)15-3-7-19(8-4-15)31-23-22(30)25(35)33(26(23)36)21-13-17(28)12-18(29)14-21/h3-10,12-14,31H,2,11H2,1H3,(H,32,34). The number of amides is 3. The van der Waals surface area contributed by atoms with Crippen molar-refractivity contribution in [2.75, 3.05) is 22.1 Å². The Hall–Kier alpha value is -3.85. The number of anilines is 3. The molecule has 3 aromatic rings. The Morgan fingerprint density at radius 3 is 2.00 bits per heavy atom. The highest BCUT2D eigenvalue weighted by atomic mass is 35.5. The van der Waals surface area contributed by atoms with Gasteiger partial charge in [0.15, 0.2) is 0 Å². The molecule has 0 unspecified atom stereocenters. The van der Waals surface area contributed by atoms with Crippen molar-refractivity contribution >= 4 is 75.6 Å². The Morgan fingerprint density at radius 2 is 1.39 bits per heavy atom. The van der Waals surface area contributed by atoms with Crippen molar-refractivity contribution in [2.45, 2.75) is 13.3 Å². The number of imide groups is 1. The quantitative estimate of drug-likeness (QED) is 0.244. The largest absolute Gasteiger partial charge is 0.462 e. The minimum Gasteiger partial charge on any atom is -0.462 e. The topological polar surface area (TPSA) is 105 Å². The van der Waals surface area contributed by atoms with Gasteiger partial charge in [0.2, 0.25) is 0 Å². The van der Waals surface area contributed by atoms with Crippen LogP contribution in [-0.2, 0) is 14.3 Å². The zero-order valence-electron chi connectivity index (χ0n) is 19.9. The van der Waals surface area contributed by atoms with E-state index in [2.05, 4.69) is 10.6 Å². The van der Waals surface area contributed by atoms with Crippen molar-refractivity contribution < 1.29 is 23.9 Å². The fraction of sp³-hybridized carbons (Fsp3) is 0.111. The van der Waals surface area contributed by atoms with Crippen LogP contribution in [0.3, 0.4) is 0 Å². The number of carbonyl (C=O) groups is 4. The van der Waals surface area contributed by atoms with Crippen LogP contribution in [0.25, 0.3) is 0 Å². The molecule has 0 spiro atoms. The minimum atomic E-state index is -0.724. The highest BCUT2D eigenvalue weighted by molar-refractivity contribution is 6.53. The summed E-state index contributed by atoms with van der Waals surface area (Å²) in [6, 6.07) is 16.9. The van der Waals surface area contributed by atoms with Crippen molar-refractivity contribution in [2.24, 2.45) is 0 Å². The molecule has 1 heterocycles. The van der Waals surface area contributed by atoms with Gasteiger partial charge < -0.3 is 15.4 Å². The number of esters is 1. The van der Waals surface area contributed by atoms with Gasteiger partial charge in [-0.2, -0.15) is 0 Å². The Kier molecular flexibility index (Phi) is 8.36. The molecular weight excluding hydrogens is 553 g/mol. The third kappa shape index (κ3) is 5.99. The Labute approximate surface area is 233 Å². The average Bonchev–Trinajstić information content (AvgIpc) is 3.10. The number of benzene rings is 3. The van der Waals surface area contributed by atoms with Crippen molar-refractivity contribution in [3.8, 4) is 0 Å². The van der Waals surface area contributed by atoms with Gasteiger partial charge in [-0.25, -0.2) is 9.69 Å². The molecule has 1 aliphatic rings. The second-order valence-corrected chi connectivity index (χ2v) is 9.38. The molecule has 194 valence electrons. The molecular formula is C27H20Cl3N3O5. The maximum Gasteiger partial charge on any atom is 0.338 e. The second kappa shape index (κ2) is 11.7. The van der Waals surface area contributed by atoms with Crippen molar-refractivity contribution in [3.05, 3.63) is 98.6 Å². The van der Waals surface area contributed by atoms with E-state index in [-0.39, 0.29) is 32.4 Å². The molecule has 4 rings (SSSR count). The minimum absolute atomic E-state index is 0.123. The van der Waals surface area contributed by atoms with Gasteiger partial charge in [-0.15, -0.1) is 0 Å². The summed E-state index contributed by atoms with van der Waals surface area (Å²) in [6.45, 7) is 2.24. The lowest BCUT2D eigenvalue weighted by Gasteiger charge is -2.16. The Balaban J connectivity index is 1.41. The Bertz CT molecular complexity index is 1430. The molecule has 11 heteroatoms. The molecule has 2 N–H and O–H groups in total. The van der Waals surface area contributed by atoms with E-state index in [0.29, 0.717) is 29.1 Å². The predicted molar refractivity (Wildman–Crippen MR) is 147 cm³/mol. The normalized spacial score (nSPS) is 13.1. The van der Waals surface area contributed by atoms with Crippen LogP contribution in [0.1, 0.15) is 34.1 Å². The third-order valence-corrected chi connectivity index (χ3v) is 6.15. The van der Waals surface area contributed by atoms with E-state index in [9.17, 15) is 19.2 Å². The van der Waals surface area contributed by atoms with Crippen LogP contribution in [0.15, 0.2) is 77.5 Å². The average molecular weight is 573 g/mol. The van der Waals surface area contributed by atoms with E-state index in [0.717, 1.165) is 11.3 Å². The fourth-order valence-corrected chi connectivity index (χ4v) is 4.26. The molecule has 8 nitrogen and oxygen atoms in total. The van der Waals surface area contributed by atoms with Gasteiger partial charge in [0.25, 0.3) is 17.7 Å². The first-order chi connectivity index (χ1) is 18.2. The molecule has 0 radical (unpaired) electrons. The van der Waals surface area contributed by atoms with Gasteiger partial charge >= 0.3 is 5.97 Å². The van der Waals surface area contributed by atoms with E-state index in [1.54, 1.807) is 48.5 Å². The molecule has 38 heavy (non-hydrogen) atoms. The number of nitrogens with one attached hydrogen (secondary N) is 2. The van der Waals surface area contributed by atoms with Gasteiger partial charge in [-0.3, -0.25) is 14.4 Å².